The standard InChI is InChI=1S/C19H25NO6/c1-2-3-4-8-11-23-19-15(20(21)22)12-16-17(26-19)13-24-18(25-16)14-9-6-5-7-10-14/h5-7,9-10,12,16-19H,2-4,8,11,13H2,1H3/t16-,17-,18-,19-/m1/s1. The van der Waals surface area contributed by atoms with Crippen molar-refractivity contribution >= 4 is 0 Å². The van der Waals surface area contributed by atoms with Crippen molar-refractivity contribution in [2.45, 2.75) is 57.4 Å². The summed E-state index contributed by atoms with van der Waals surface area (Å²) in [7, 11) is 0. The van der Waals surface area contributed by atoms with E-state index in [9.17, 15) is 10.1 Å². The van der Waals surface area contributed by atoms with Gasteiger partial charge in [0.2, 0.25) is 0 Å². The van der Waals surface area contributed by atoms with Crippen molar-refractivity contribution in [3.8, 4) is 0 Å². The lowest BCUT2D eigenvalue weighted by Gasteiger charge is -2.38. The van der Waals surface area contributed by atoms with E-state index < -0.39 is 29.7 Å². The Morgan fingerprint density at radius 2 is 2.00 bits per heavy atom. The van der Waals surface area contributed by atoms with E-state index in [1.165, 1.54) is 6.08 Å². The molecule has 4 atom stereocenters. The quantitative estimate of drug-likeness (QED) is 0.399. The second-order valence-corrected chi connectivity index (χ2v) is 6.46. The Labute approximate surface area is 153 Å². The molecular weight excluding hydrogens is 338 g/mol. The molecule has 3 rings (SSSR count). The Kier molecular flexibility index (Phi) is 6.73. The number of nitro groups is 1. The Morgan fingerprint density at radius 1 is 1.19 bits per heavy atom. The van der Waals surface area contributed by atoms with Crippen molar-refractivity contribution in [3.63, 3.8) is 0 Å². The smallest absolute Gasteiger partial charge is 0.300 e. The van der Waals surface area contributed by atoms with Crippen LogP contribution in [-0.4, -0.2) is 36.6 Å². The molecule has 2 aliphatic rings. The molecule has 0 N–H and O–H groups in total. The van der Waals surface area contributed by atoms with Crippen LogP contribution in [0.3, 0.4) is 0 Å². The molecule has 0 unspecified atom stereocenters. The molecule has 0 amide bonds. The molecule has 7 heteroatoms. The molecule has 0 spiro atoms. The summed E-state index contributed by atoms with van der Waals surface area (Å²) in [6.45, 7) is 2.85. The van der Waals surface area contributed by atoms with E-state index in [4.69, 9.17) is 18.9 Å². The molecule has 0 radical (unpaired) electrons. The number of ether oxygens (including phenoxy) is 4. The minimum Gasteiger partial charge on any atom is -0.346 e. The summed E-state index contributed by atoms with van der Waals surface area (Å²) in [5.41, 5.74) is 0.770. The van der Waals surface area contributed by atoms with Crippen LogP contribution < -0.4 is 0 Å². The van der Waals surface area contributed by atoms with E-state index in [0.29, 0.717) is 13.2 Å². The summed E-state index contributed by atoms with van der Waals surface area (Å²) in [5.74, 6) is 0. The monoisotopic (exact) mass is 363 g/mol. The summed E-state index contributed by atoms with van der Waals surface area (Å²) in [6, 6.07) is 9.49. The third kappa shape index (κ3) is 4.67. The number of fused-ring (bicyclic) bond motifs is 1. The van der Waals surface area contributed by atoms with Gasteiger partial charge in [-0.25, -0.2) is 0 Å². The Hall–Kier alpha value is -1.80. The average molecular weight is 363 g/mol. The minimum absolute atomic E-state index is 0.101. The predicted octanol–water partition coefficient (Wildman–Crippen LogP) is 3.58. The number of nitrogens with zero attached hydrogens (tertiary/aromatic N) is 1. The second-order valence-electron chi connectivity index (χ2n) is 6.46. The van der Waals surface area contributed by atoms with E-state index in [2.05, 4.69) is 6.92 Å². The minimum atomic E-state index is -0.978. The molecular formula is C19H25NO6. The lowest BCUT2D eigenvalue weighted by Crippen LogP contribution is -2.48. The first-order valence-electron chi connectivity index (χ1n) is 9.14. The van der Waals surface area contributed by atoms with Crippen molar-refractivity contribution in [2.24, 2.45) is 0 Å². The zero-order valence-corrected chi connectivity index (χ0v) is 14.9. The van der Waals surface area contributed by atoms with E-state index in [1.807, 2.05) is 30.3 Å². The van der Waals surface area contributed by atoms with Gasteiger partial charge in [0.05, 0.1) is 18.1 Å². The van der Waals surface area contributed by atoms with E-state index in [0.717, 1.165) is 31.2 Å². The molecule has 1 aromatic carbocycles. The zero-order chi connectivity index (χ0) is 18.4. The maximum absolute atomic E-state index is 11.4. The highest BCUT2D eigenvalue weighted by Gasteiger charge is 2.43. The molecule has 2 heterocycles. The van der Waals surface area contributed by atoms with Crippen LogP contribution in [0.5, 0.6) is 0 Å². The Morgan fingerprint density at radius 3 is 2.73 bits per heavy atom. The van der Waals surface area contributed by atoms with Crippen molar-refractivity contribution in [3.05, 3.63) is 57.8 Å². The molecule has 0 aromatic heterocycles. The maximum atomic E-state index is 11.4. The lowest BCUT2D eigenvalue weighted by molar-refractivity contribution is -0.459. The summed E-state index contributed by atoms with van der Waals surface area (Å²) in [6.07, 6.45) is 3.16. The molecule has 0 aliphatic carbocycles. The number of hydrogen-bond acceptors (Lipinski definition) is 6. The second kappa shape index (κ2) is 9.23. The van der Waals surface area contributed by atoms with Crippen LogP contribution in [0.25, 0.3) is 0 Å². The highest BCUT2D eigenvalue weighted by molar-refractivity contribution is 5.17. The normalized spacial score (nSPS) is 28.3. The van der Waals surface area contributed by atoms with Gasteiger partial charge >= 0.3 is 5.70 Å². The topological polar surface area (TPSA) is 80.1 Å². The molecule has 142 valence electrons. The van der Waals surface area contributed by atoms with Gasteiger partial charge in [0, 0.05) is 11.6 Å². The van der Waals surface area contributed by atoms with Gasteiger partial charge in [0.1, 0.15) is 12.2 Å². The van der Waals surface area contributed by atoms with Crippen LogP contribution in [0.4, 0.5) is 0 Å². The van der Waals surface area contributed by atoms with Crippen molar-refractivity contribution < 1.29 is 23.9 Å². The van der Waals surface area contributed by atoms with Gasteiger partial charge in [-0.15, -0.1) is 0 Å². The van der Waals surface area contributed by atoms with Crippen LogP contribution in [0.15, 0.2) is 42.1 Å². The van der Waals surface area contributed by atoms with E-state index in [-0.39, 0.29) is 5.70 Å². The first-order chi connectivity index (χ1) is 12.7. The fourth-order valence-electron chi connectivity index (χ4n) is 3.06. The van der Waals surface area contributed by atoms with Crippen LogP contribution in [0, 0.1) is 10.1 Å². The highest BCUT2D eigenvalue weighted by Crippen LogP contribution is 2.33. The highest BCUT2D eigenvalue weighted by atomic mass is 16.7. The van der Waals surface area contributed by atoms with Crippen molar-refractivity contribution in [1.29, 1.82) is 0 Å². The van der Waals surface area contributed by atoms with Gasteiger partial charge in [-0.1, -0.05) is 56.5 Å². The van der Waals surface area contributed by atoms with Gasteiger partial charge in [-0.3, -0.25) is 10.1 Å². The average Bonchev–Trinajstić information content (AvgIpc) is 2.67. The first kappa shape index (κ1) is 19.0. The largest absolute Gasteiger partial charge is 0.346 e. The van der Waals surface area contributed by atoms with Gasteiger partial charge < -0.3 is 18.9 Å². The predicted molar refractivity (Wildman–Crippen MR) is 93.8 cm³/mol. The maximum Gasteiger partial charge on any atom is 0.300 e. The summed E-state index contributed by atoms with van der Waals surface area (Å²) in [4.78, 5) is 11.0. The van der Waals surface area contributed by atoms with Crippen LogP contribution in [0.2, 0.25) is 0 Å². The zero-order valence-electron chi connectivity index (χ0n) is 14.9. The van der Waals surface area contributed by atoms with Gasteiger partial charge in [0.25, 0.3) is 6.29 Å². The first-order valence-corrected chi connectivity index (χ1v) is 9.14. The molecule has 1 saturated heterocycles. The summed E-state index contributed by atoms with van der Waals surface area (Å²) in [5, 5.41) is 11.4. The number of rotatable bonds is 8. The molecule has 2 aliphatic heterocycles. The fourth-order valence-corrected chi connectivity index (χ4v) is 3.06. The Bertz CT molecular complexity index is 620. The van der Waals surface area contributed by atoms with Gasteiger partial charge in [0.15, 0.2) is 6.29 Å². The lowest BCUT2D eigenvalue weighted by atomic mass is 10.1. The van der Waals surface area contributed by atoms with Gasteiger partial charge in [-0.05, 0) is 6.42 Å². The van der Waals surface area contributed by atoms with Crippen LogP contribution in [-0.2, 0) is 18.9 Å². The molecule has 0 saturated carbocycles. The number of unbranched alkanes of at least 4 members (excludes halogenated alkanes) is 3. The Balaban J connectivity index is 1.64. The van der Waals surface area contributed by atoms with Crippen LogP contribution in [0.1, 0.15) is 44.5 Å². The summed E-state index contributed by atoms with van der Waals surface area (Å²) < 4.78 is 23.0. The molecule has 1 fully saturated rings. The SMILES string of the molecule is CCCCCCO[C@@H]1O[C@@H]2CO[C@@H](c3ccccc3)O[C@@H]2C=C1[N+](=O)[O-]. The third-order valence-corrected chi connectivity index (χ3v) is 4.48. The van der Waals surface area contributed by atoms with Crippen LogP contribution >= 0.6 is 0 Å². The van der Waals surface area contributed by atoms with E-state index in [1.54, 1.807) is 0 Å². The third-order valence-electron chi connectivity index (χ3n) is 4.48. The summed E-state index contributed by atoms with van der Waals surface area (Å²) >= 11 is 0. The molecule has 0 bridgehead atoms. The van der Waals surface area contributed by atoms with Crippen molar-refractivity contribution in [2.75, 3.05) is 13.2 Å². The fraction of sp³-hybridized carbons (Fsp3) is 0.579. The number of hydrogen-bond donors (Lipinski definition) is 0. The van der Waals surface area contributed by atoms with Crippen molar-refractivity contribution in [1.82, 2.24) is 0 Å². The van der Waals surface area contributed by atoms with Gasteiger partial charge in [-0.2, -0.15) is 0 Å². The van der Waals surface area contributed by atoms with E-state index >= 15 is 0 Å². The molecule has 26 heavy (non-hydrogen) atoms. The molecule has 1 aromatic rings. The number of benzene rings is 1. The molecule has 7 nitrogen and oxygen atoms in total.